The highest BCUT2D eigenvalue weighted by molar-refractivity contribution is 6.30. The number of carbonyl (C=O) groups is 3. The van der Waals surface area contributed by atoms with Gasteiger partial charge in [-0.25, -0.2) is 4.68 Å². The summed E-state index contributed by atoms with van der Waals surface area (Å²) in [5.41, 5.74) is 4.04. The van der Waals surface area contributed by atoms with Crippen LogP contribution < -0.4 is 5.32 Å². The quantitative estimate of drug-likeness (QED) is 0.513. The third-order valence-electron chi connectivity index (χ3n) is 5.95. The minimum atomic E-state index is -0.842. The molecule has 170 valence electrons. The van der Waals surface area contributed by atoms with Crippen molar-refractivity contribution in [1.82, 2.24) is 15.1 Å². The second kappa shape index (κ2) is 9.49. The van der Waals surface area contributed by atoms with Crippen LogP contribution in [-0.4, -0.2) is 27.3 Å². The Labute approximate surface area is 201 Å². The van der Waals surface area contributed by atoms with Crippen molar-refractivity contribution in [2.45, 2.75) is 39.2 Å². The maximum absolute atomic E-state index is 13.2. The van der Waals surface area contributed by atoms with Gasteiger partial charge >= 0.3 is 0 Å². The van der Waals surface area contributed by atoms with Crippen LogP contribution in [0.5, 0.6) is 0 Å². The van der Waals surface area contributed by atoms with E-state index in [2.05, 4.69) is 10.4 Å². The normalized spacial score (nSPS) is 18.1. The van der Waals surface area contributed by atoms with Crippen LogP contribution in [-0.2, 0) is 20.9 Å². The molecule has 6 nitrogen and oxygen atoms in total. The molecule has 0 spiro atoms. The van der Waals surface area contributed by atoms with Gasteiger partial charge in [-0.1, -0.05) is 35.3 Å². The average Bonchev–Trinajstić information content (AvgIpc) is 3.30. The zero-order chi connectivity index (χ0) is 23.7. The molecule has 1 saturated carbocycles. The number of hydrogen-bond acceptors (Lipinski definition) is 4. The van der Waals surface area contributed by atoms with Gasteiger partial charge in [0, 0.05) is 36.5 Å². The van der Waals surface area contributed by atoms with E-state index in [9.17, 15) is 14.4 Å². The van der Waals surface area contributed by atoms with Crippen molar-refractivity contribution in [3.8, 4) is 5.69 Å². The lowest BCUT2D eigenvalue weighted by atomic mass is 9.87. The Hall–Kier alpha value is -2.96. The van der Waals surface area contributed by atoms with Gasteiger partial charge in [-0.3, -0.25) is 14.4 Å². The van der Waals surface area contributed by atoms with Crippen molar-refractivity contribution >= 4 is 40.7 Å². The molecule has 0 radical (unpaired) electrons. The van der Waals surface area contributed by atoms with Crippen LogP contribution in [0.25, 0.3) is 5.69 Å². The molecular weight excluding hydrogens is 461 g/mol. The van der Waals surface area contributed by atoms with Crippen LogP contribution in [0.15, 0.2) is 48.8 Å². The molecule has 0 aliphatic heterocycles. The summed E-state index contributed by atoms with van der Waals surface area (Å²) < 4.78 is 1.65. The predicted octanol–water partition coefficient (Wildman–Crippen LogP) is 4.74. The molecule has 2 aromatic carbocycles. The van der Waals surface area contributed by atoms with Crippen LogP contribution in [0.4, 0.5) is 0 Å². The largest absolute Gasteiger partial charge is 0.352 e. The smallest absolute Gasteiger partial charge is 0.221 e. The highest BCUT2D eigenvalue weighted by Crippen LogP contribution is 2.38. The first-order valence-electron chi connectivity index (χ1n) is 10.6. The molecule has 1 aliphatic carbocycles. The molecule has 8 heteroatoms. The summed E-state index contributed by atoms with van der Waals surface area (Å²) in [4.78, 5) is 38.5. The number of nitrogens with one attached hydrogen (secondary N) is 1. The van der Waals surface area contributed by atoms with E-state index in [0.717, 1.165) is 22.4 Å². The van der Waals surface area contributed by atoms with Crippen LogP contribution in [0.2, 0.25) is 10.0 Å². The summed E-state index contributed by atoms with van der Waals surface area (Å²) in [5.74, 6) is -2.06. The van der Waals surface area contributed by atoms with Crippen molar-refractivity contribution < 1.29 is 14.4 Å². The third kappa shape index (κ3) is 5.02. The number of amides is 1. The Morgan fingerprint density at radius 3 is 2.48 bits per heavy atom. The molecule has 33 heavy (non-hydrogen) atoms. The molecule has 1 aromatic heterocycles. The summed E-state index contributed by atoms with van der Waals surface area (Å²) in [6, 6.07) is 11.0. The molecule has 1 heterocycles. The molecule has 2 unspecified atom stereocenters. The van der Waals surface area contributed by atoms with E-state index in [1.807, 2.05) is 38.1 Å². The fourth-order valence-electron chi connectivity index (χ4n) is 4.46. The Bertz CT molecular complexity index is 1230. The van der Waals surface area contributed by atoms with Crippen molar-refractivity contribution in [3.05, 3.63) is 81.1 Å². The number of benzene rings is 2. The zero-order valence-electron chi connectivity index (χ0n) is 18.3. The lowest BCUT2D eigenvalue weighted by Crippen LogP contribution is -2.27. The van der Waals surface area contributed by atoms with Gasteiger partial charge in [0.2, 0.25) is 5.91 Å². The van der Waals surface area contributed by atoms with Gasteiger partial charge < -0.3 is 5.32 Å². The summed E-state index contributed by atoms with van der Waals surface area (Å²) in [7, 11) is 0. The maximum Gasteiger partial charge on any atom is 0.221 e. The van der Waals surface area contributed by atoms with Gasteiger partial charge in [-0.05, 0) is 60.4 Å². The second-order valence-corrected chi connectivity index (χ2v) is 9.28. The summed E-state index contributed by atoms with van der Waals surface area (Å²) in [6.45, 7) is 4.07. The predicted molar refractivity (Wildman–Crippen MR) is 127 cm³/mol. The molecule has 2 atom stereocenters. The van der Waals surface area contributed by atoms with Crippen molar-refractivity contribution in [1.29, 1.82) is 0 Å². The average molecular weight is 484 g/mol. The van der Waals surface area contributed by atoms with Gasteiger partial charge in [0.25, 0.3) is 0 Å². The van der Waals surface area contributed by atoms with Crippen LogP contribution in [0.3, 0.4) is 0 Å². The lowest BCUT2D eigenvalue weighted by molar-refractivity contribution is -0.128. The van der Waals surface area contributed by atoms with Gasteiger partial charge in [0.05, 0.1) is 16.9 Å². The molecule has 1 aliphatic rings. The van der Waals surface area contributed by atoms with Crippen LogP contribution in [0.1, 0.15) is 41.0 Å². The van der Waals surface area contributed by atoms with Gasteiger partial charge in [-0.15, -0.1) is 0 Å². The Morgan fingerprint density at radius 1 is 1.12 bits per heavy atom. The van der Waals surface area contributed by atoms with Crippen molar-refractivity contribution in [2.24, 2.45) is 5.92 Å². The fraction of sp³-hybridized carbons (Fsp3) is 0.280. The first-order valence-corrected chi connectivity index (χ1v) is 11.4. The van der Waals surface area contributed by atoms with E-state index < -0.39 is 11.8 Å². The van der Waals surface area contributed by atoms with Gasteiger partial charge in [0.15, 0.2) is 5.78 Å². The summed E-state index contributed by atoms with van der Waals surface area (Å²) in [5, 5.41) is 8.14. The molecule has 4 rings (SSSR count). The Kier molecular flexibility index (Phi) is 6.68. The van der Waals surface area contributed by atoms with E-state index in [0.29, 0.717) is 22.2 Å². The Balaban J connectivity index is 1.47. The van der Waals surface area contributed by atoms with E-state index in [1.165, 1.54) is 0 Å². The highest BCUT2D eigenvalue weighted by atomic mass is 35.5. The standard InChI is InChI=1S/C25H23Cl2N3O3/c1-14-6-20(30-13-19(27)12-29-30)7-15(2)23(14)24-21(31)9-17(25(24)33)10-22(32)28-11-16-4-3-5-18(26)8-16/h3-8,12-13,17,24H,9-11H2,1-2H3,(H,28,32). The third-order valence-corrected chi connectivity index (χ3v) is 6.38. The van der Waals surface area contributed by atoms with Crippen LogP contribution >= 0.6 is 23.2 Å². The van der Waals surface area contributed by atoms with E-state index in [-0.39, 0.29) is 30.3 Å². The Morgan fingerprint density at radius 2 is 1.85 bits per heavy atom. The molecule has 0 saturated heterocycles. The van der Waals surface area contributed by atoms with E-state index in [1.54, 1.807) is 29.2 Å². The molecule has 1 N–H and O–H groups in total. The molecule has 1 fully saturated rings. The van der Waals surface area contributed by atoms with Crippen molar-refractivity contribution in [3.63, 3.8) is 0 Å². The number of rotatable bonds is 6. The SMILES string of the molecule is Cc1cc(-n2cc(Cl)cn2)cc(C)c1C1C(=O)CC(CC(=O)NCc2cccc(Cl)c2)C1=O. The first kappa shape index (κ1) is 23.2. The minimum absolute atomic E-state index is 0.0103. The number of ketones is 2. The summed E-state index contributed by atoms with van der Waals surface area (Å²) >= 11 is 11.9. The second-order valence-electron chi connectivity index (χ2n) is 8.41. The lowest BCUT2D eigenvalue weighted by Gasteiger charge is -2.17. The summed E-state index contributed by atoms with van der Waals surface area (Å²) in [6.07, 6.45) is 3.30. The number of Topliss-reactive ketones (excluding diaryl/α,β-unsaturated/α-hetero) is 2. The maximum atomic E-state index is 13.2. The first-order chi connectivity index (χ1) is 15.7. The van der Waals surface area contributed by atoms with Gasteiger partial charge in [0.1, 0.15) is 11.7 Å². The number of aromatic nitrogens is 2. The molecule has 0 bridgehead atoms. The molecular formula is C25H23Cl2N3O3. The number of aryl methyl sites for hydroxylation is 2. The van der Waals surface area contributed by atoms with E-state index in [4.69, 9.17) is 23.2 Å². The number of halogens is 2. The van der Waals surface area contributed by atoms with Gasteiger partial charge in [-0.2, -0.15) is 5.10 Å². The van der Waals surface area contributed by atoms with Crippen LogP contribution in [0, 0.1) is 19.8 Å². The van der Waals surface area contributed by atoms with Crippen molar-refractivity contribution in [2.75, 3.05) is 0 Å². The topological polar surface area (TPSA) is 81.1 Å². The highest BCUT2D eigenvalue weighted by Gasteiger charge is 2.43. The fourth-order valence-corrected chi connectivity index (χ4v) is 4.81. The number of nitrogens with zero attached hydrogens (tertiary/aromatic N) is 2. The minimum Gasteiger partial charge on any atom is -0.352 e. The monoisotopic (exact) mass is 483 g/mol. The molecule has 1 amide bonds. The molecule has 3 aromatic rings. The number of hydrogen-bond donors (Lipinski definition) is 1. The number of carbonyl (C=O) groups excluding carboxylic acids is 3. The zero-order valence-corrected chi connectivity index (χ0v) is 19.8. The van der Waals surface area contributed by atoms with E-state index >= 15 is 0 Å².